The molecule has 0 saturated carbocycles. The molecule has 1 aliphatic rings. The van der Waals surface area contributed by atoms with Crippen LogP contribution in [0.25, 0.3) is 0 Å². The second-order valence-electron chi connectivity index (χ2n) is 6.39. The summed E-state index contributed by atoms with van der Waals surface area (Å²) in [7, 11) is 3.14. The van der Waals surface area contributed by atoms with Crippen molar-refractivity contribution < 1.29 is 14.3 Å². The van der Waals surface area contributed by atoms with Gasteiger partial charge in [-0.05, 0) is 37.0 Å². The molecule has 0 aliphatic carbocycles. The van der Waals surface area contributed by atoms with Crippen LogP contribution in [0.15, 0.2) is 29.1 Å². The van der Waals surface area contributed by atoms with Gasteiger partial charge in [-0.2, -0.15) is 0 Å². The number of hydrogen-bond donors (Lipinski definition) is 1. The number of ether oxygens (including phenoxy) is 2. The van der Waals surface area contributed by atoms with Crippen molar-refractivity contribution in [2.24, 2.45) is 7.05 Å². The molecule has 0 radical (unpaired) electrons. The number of carbonyl (C=O) groups excluding carboxylic acids is 1. The standard InChI is InChI=1S/C18H24N4O4/c1-21-18(24)19-16(20-21)17(23)22(12-15-4-3-11-26-15)10-9-13-5-7-14(25-2)8-6-13/h5-8,15H,3-4,9-12H2,1-2H3,(H,19,20,24). The van der Waals surface area contributed by atoms with Crippen molar-refractivity contribution in [2.75, 3.05) is 26.8 Å². The van der Waals surface area contributed by atoms with E-state index >= 15 is 0 Å². The number of H-pyrrole nitrogens is 1. The molecule has 2 heterocycles. The van der Waals surface area contributed by atoms with E-state index in [4.69, 9.17) is 9.47 Å². The Morgan fingerprint density at radius 3 is 2.77 bits per heavy atom. The number of amides is 1. The minimum Gasteiger partial charge on any atom is -0.497 e. The van der Waals surface area contributed by atoms with Crippen molar-refractivity contribution >= 4 is 5.91 Å². The van der Waals surface area contributed by atoms with Crippen LogP contribution in [0.4, 0.5) is 0 Å². The smallest absolute Gasteiger partial charge is 0.343 e. The molecule has 8 heteroatoms. The molecule has 2 aromatic rings. The lowest BCUT2D eigenvalue weighted by Crippen LogP contribution is -2.39. The average Bonchev–Trinajstić information content (AvgIpc) is 3.28. The number of nitrogens with one attached hydrogen (secondary N) is 1. The highest BCUT2D eigenvalue weighted by atomic mass is 16.5. The number of aryl methyl sites for hydroxylation is 1. The lowest BCUT2D eigenvalue weighted by molar-refractivity contribution is 0.0519. The molecule has 3 rings (SSSR count). The predicted molar refractivity (Wildman–Crippen MR) is 95.4 cm³/mol. The van der Waals surface area contributed by atoms with E-state index in [1.165, 1.54) is 7.05 Å². The van der Waals surface area contributed by atoms with Crippen LogP contribution < -0.4 is 10.4 Å². The Morgan fingerprint density at radius 1 is 1.42 bits per heavy atom. The van der Waals surface area contributed by atoms with Crippen molar-refractivity contribution in [2.45, 2.75) is 25.4 Å². The molecule has 1 saturated heterocycles. The Morgan fingerprint density at radius 2 is 2.19 bits per heavy atom. The highest BCUT2D eigenvalue weighted by Crippen LogP contribution is 2.16. The van der Waals surface area contributed by atoms with Crippen LogP contribution >= 0.6 is 0 Å². The van der Waals surface area contributed by atoms with E-state index in [1.807, 2.05) is 24.3 Å². The molecule has 26 heavy (non-hydrogen) atoms. The first-order valence-corrected chi connectivity index (χ1v) is 8.74. The minimum atomic E-state index is -0.402. The largest absolute Gasteiger partial charge is 0.497 e. The van der Waals surface area contributed by atoms with Crippen LogP contribution in [-0.2, 0) is 18.2 Å². The molecule has 1 aliphatic heterocycles. The van der Waals surface area contributed by atoms with Crippen LogP contribution in [0.1, 0.15) is 29.0 Å². The van der Waals surface area contributed by atoms with Gasteiger partial charge in [0.05, 0.1) is 13.2 Å². The molecule has 8 nitrogen and oxygen atoms in total. The maximum absolute atomic E-state index is 12.8. The molecule has 0 bridgehead atoms. The van der Waals surface area contributed by atoms with E-state index in [1.54, 1.807) is 12.0 Å². The number of methoxy groups -OCH3 is 1. The van der Waals surface area contributed by atoms with Crippen LogP contribution in [0.5, 0.6) is 5.75 Å². The normalized spacial score (nSPS) is 16.6. The minimum absolute atomic E-state index is 0.0326. The van der Waals surface area contributed by atoms with Crippen LogP contribution in [-0.4, -0.2) is 58.5 Å². The molecule has 1 atom stereocenters. The van der Waals surface area contributed by atoms with Crippen molar-refractivity contribution in [3.63, 3.8) is 0 Å². The Labute approximate surface area is 151 Å². The molecule has 140 valence electrons. The number of rotatable bonds is 7. The molecular weight excluding hydrogens is 336 g/mol. The predicted octanol–water partition coefficient (Wildman–Crippen LogP) is 0.981. The van der Waals surface area contributed by atoms with Gasteiger partial charge in [-0.15, -0.1) is 5.10 Å². The molecule has 1 aromatic heterocycles. The first-order valence-electron chi connectivity index (χ1n) is 8.74. The summed E-state index contributed by atoms with van der Waals surface area (Å²) in [6, 6.07) is 7.77. The third-order valence-electron chi connectivity index (χ3n) is 4.54. The lowest BCUT2D eigenvalue weighted by atomic mass is 10.1. The quantitative estimate of drug-likeness (QED) is 0.795. The van der Waals surface area contributed by atoms with Crippen LogP contribution in [0.3, 0.4) is 0 Å². The molecule has 1 fully saturated rings. The van der Waals surface area contributed by atoms with Gasteiger partial charge in [0.2, 0.25) is 5.82 Å². The fraction of sp³-hybridized carbons (Fsp3) is 0.500. The van der Waals surface area contributed by atoms with Crippen molar-refractivity contribution in [1.82, 2.24) is 19.7 Å². The van der Waals surface area contributed by atoms with Gasteiger partial charge >= 0.3 is 5.69 Å². The summed E-state index contributed by atoms with van der Waals surface area (Å²) in [6.45, 7) is 1.74. The van der Waals surface area contributed by atoms with Gasteiger partial charge < -0.3 is 14.4 Å². The number of nitrogens with zero attached hydrogens (tertiary/aromatic N) is 3. The summed E-state index contributed by atoms with van der Waals surface area (Å²) in [6.07, 6.45) is 2.67. The Bertz CT molecular complexity index is 790. The monoisotopic (exact) mass is 360 g/mol. The summed E-state index contributed by atoms with van der Waals surface area (Å²) >= 11 is 0. The number of aromatic amines is 1. The first kappa shape index (κ1) is 18.2. The summed E-state index contributed by atoms with van der Waals surface area (Å²) in [5.41, 5.74) is 0.700. The molecule has 1 N–H and O–H groups in total. The molecule has 0 spiro atoms. The van der Waals surface area contributed by atoms with E-state index in [-0.39, 0.29) is 17.8 Å². The number of hydrogen-bond acceptors (Lipinski definition) is 5. The van der Waals surface area contributed by atoms with Gasteiger partial charge in [0.25, 0.3) is 5.91 Å². The second-order valence-corrected chi connectivity index (χ2v) is 6.39. The van der Waals surface area contributed by atoms with E-state index in [0.717, 1.165) is 35.4 Å². The maximum atomic E-state index is 12.8. The van der Waals surface area contributed by atoms with Crippen molar-refractivity contribution in [3.8, 4) is 5.75 Å². The molecule has 1 aromatic carbocycles. The van der Waals surface area contributed by atoms with E-state index in [9.17, 15) is 9.59 Å². The summed E-state index contributed by atoms with van der Waals surface area (Å²) in [5.74, 6) is 0.573. The molecular formula is C18H24N4O4. The van der Waals surface area contributed by atoms with Crippen molar-refractivity contribution in [1.29, 1.82) is 0 Å². The maximum Gasteiger partial charge on any atom is 0.343 e. The van der Waals surface area contributed by atoms with E-state index in [0.29, 0.717) is 19.5 Å². The highest BCUT2D eigenvalue weighted by molar-refractivity contribution is 5.90. The fourth-order valence-corrected chi connectivity index (χ4v) is 3.01. The molecule has 1 unspecified atom stereocenters. The Balaban J connectivity index is 1.71. The zero-order valence-corrected chi connectivity index (χ0v) is 15.1. The van der Waals surface area contributed by atoms with E-state index in [2.05, 4.69) is 10.1 Å². The van der Waals surface area contributed by atoms with Gasteiger partial charge in [0, 0.05) is 26.7 Å². The second kappa shape index (κ2) is 8.18. The SMILES string of the molecule is COc1ccc(CCN(CC2CCCO2)C(=O)c2nn(C)c(=O)[nH]2)cc1. The lowest BCUT2D eigenvalue weighted by Gasteiger charge is -2.24. The van der Waals surface area contributed by atoms with Gasteiger partial charge in [-0.25, -0.2) is 9.48 Å². The zero-order valence-electron chi connectivity index (χ0n) is 15.1. The highest BCUT2D eigenvalue weighted by Gasteiger charge is 2.25. The van der Waals surface area contributed by atoms with Crippen LogP contribution in [0, 0.1) is 0 Å². The Hall–Kier alpha value is -2.61. The zero-order chi connectivity index (χ0) is 18.5. The average molecular weight is 360 g/mol. The van der Waals surface area contributed by atoms with Gasteiger partial charge in [-0.3, -0.25) is 9.78 Å². The van der Waals surface area contributed by atoms with Gasteiger partial charge in [-0.1, -0.05) is 12.1 Å². The topological polar surface area (TPSA) is 89.4 Å². The van der Waals surface area contributed by atoms with Crippen molar-refractivity contribution in [3.05, 3.63) is 46.1 Å². The molecule has 1 amide bonds. The first-order chi connectivity index (χ1) is 12.6. The van der Waals surface area contributed by atoms with Gasteiger partial charge in [0.1, 0.15) is 5.75 Å². The number of benzene rings is 1. The summed E-state index contributed by atoms with van der Waals surface area (Å²) < 4.78 is 12.0. The third-order valence-corrected chi connectivity index (χ3v) is 4.54. The summed E-state index contributed by atoms with van der Waals surface area (Å²) in [5, 5.41) is 3.98. The summed E-state index contributed by atoms with van der Waals surface area (Å²) in [4.78, 5) is 28.6. The van der Waals surface area contributed by atoms with Gasteiger partial charge in [0.15, 0.2) is 0 Å². The van der Waals surface area contributed by atoms with Crippen LogP contribution in [0.2, 0.25) is 0 Å². The third kappa shape index (κ3) is 4.32. The fourth-order valence-electron chi connectivity index (χ4n) is 3.01. The number of carbonyl (C=O) groups is 1. The Kier molecular flexibility index (Phi) is 5.72. The van der Waals surface area contributed by atoms with E-state index < -0.39 is 5.69 Å². The number of aromatic nitrogens is 3.